The van der Waals surface area contributed by atoms with Crippen LogP contribution in [0.5, 0.6) is 0 Å². The summed E-state index contributed by atoms with van der Waals surface area (Å²) in [5.74, 6) is 0. The second-order valence-corrected chi connectivity index (χ2v) is 11.7. The molecule has 0 N–H and O–H groups in total. The average molecular weight is 492 g/mol. The fourth-order valence-electron chi connectivity index (χ4n) is 3.67. The minimum absolute atomic E-state index is 0. The van der Waals surface area contributed by atoms with Gasteiger partial charge in [-0.25, -0.2) is 0 Å². The van der Waals surface area contributed by atoms with Gasteiger partial charge < -0.3 is 12.4 Å². The van der Waals surface area contributed by atoms with E-state index in [1.165, 1.54) is 21.5 Å². The van der Waals surface area contributed by atoms with Crippen LogP contribution in [0.25, 0.3) is 0 Å². The molecule has 0 aliphatic carbocycles. The highest BCUT2D eigenvalue weighted by molar-refractivity contribution is 7.95. The van der Waals surface area contributed by atoms with Gasteiger partial charge in [-0.2, -0.15) is 0 Å². The van der Waals surface area contributed by atoms with E-state index in [1.54, 1.807) is 0 Å². The third kappa shape index (κ3) is 4.86. The quantitative estimate of drug-likeness (QED) is 0.368. The van der Waals surface area contributed by atoms with Crippen molar-refractivity contribution >= 4 is 58.0 Å². The number of hydrogen-bond donors (Lipinski definition) is 0. The van der Waals surface area contributed by atoms with Crippen LogP contribution in [0.2, 0.25) is 15.1 Å². The molecule has 0 radical (unpaired) electrons. The van der Waals surface area contributed by atoms with E-state index in [0.717, 1.165) is 21.2 Å². The Morgan fingerprint density at radius 3 is 1.13 bits per heavy atom. The van der Waals surface area contributed by atoms with Crippen molar-refractivity contribution in [3.63, 3.8) is 0 Å². The van der Waals surface area contributed by atoms with Crippen molar-refractivity contribution in [3.05, 3.63) is 124 Å². The summed E-state index contributed by atoms with van der Waals surface area (Å²) in [5.41, 5.74) is 1.29. The van der Waals surface area contributed by atoms with Crippen LogP contribution in [0.4, 0.5) is 0 Å². The zero-order valence-corrected chi connectivity index (χ0v) is 19.9. The van der Waals surface area contributed by atoms with Crippen LogP contribution in [-0.4, -0.2) is 0 Å². The average Bonchev–Trinajstić information content (AvgIpc) is 2.75. The Balaban J connectivity index is 0.00000256. The maximum absolute atomic E-state index is 6.23. The molecular weight excluding hydrogens is 473 g/mol. The van der Waals surface area contributed by atoms with E-state index in [4.69, 9.17) is 34.8 Å². The molecule has 0 heterocycles. The molecule has 5 heteroatoms. The summed E-state index contributed by atoms with van der Waals surface area (Å²) in [5, 5.41) is 6.03. The van der Waals surface area contributed by atoms with Crippen LogP contribution in [0, 0.1) is 0 Å². The minimum atomic E-state index is -2.01. The van der Waals surface area contributed by atoms with Crippen molar-refractivity contribution in [3.8, 4) is 0 Å². The van der Waals surface area contributed by atoms with Crippen LogP contribution < -0.4 is 28.3 Å². The molecule has 0 aliphatic heterocycles. The fourth-order valence-corrected chi connectivity index (χ4v) is 8.22. The topological polar surface area (TPSA) is 0 Å². The normalized spacial score (nSPS) is 11.0. The van der Waals surface area contributed by atoms with Crippen molar-refractivity contribution in [1.29, 1.82) is 0 Å². The molecule has 4 rings (SSSR count). The van der Waals surface area contributed by atoms with Gasteiger partial charge in [-0.15, -0.1) is 0 Å². The first-order valence-corrected chi connectivity index (χ1v) is 12.4. The molecule has 0 nitrogen and oxygen atoms in total. The molecule has 0 spiro atoms. The second-order valence-electron chi connectivity index (χ2n) is 6.88. The number of rotatable bonds is 5. The van der Waals surface area contributed by atoms with E-state index in [9.17, 15) is 0 Å². The van der Waals surface area contributed by atoms with Gasteiger partial charge in [0.25, 0.3) is 0 Å². The van der Waals surface area contributed by atoms with Gasteiger partial charge in [0.05, 0.1) is 6.16 Å². The Bertz CT molecular complexity index is 966. The Kier molecular flexibility index (Phi) is 7.86. The molecule has 152 valence electrons. The Labute approximate surface area is 199 Å². The summed E-state index contributed by atoms with van der Waals surface area (Å²) in [6.07, 6.45) is 0.902. The van der Waals surface area contributed by atoms with Crippen molar-refractivity contribution in [2.45, 2.75) is 6.16 Å². The van der Waals surface area contributed by atoms with Crippen molar-refractivity contribution in [2.75, 3.05) is 0 Å². The van der Waals surface area contributed by atoms with Crippen LogP contribution in [0.3, 0.4) is 0 Å². The highest BCUT2D eigenvalue weighted by atomic mass is 35.5. The van der Waals surface area contributed by atoms with E-state index in [-0.39, 0.29) is 12.4 Å². The molecule has 0 saturated carbocycles. The largest absolute Gasteiger partial charge is 1.00 e. The zero-order valence-electron chi connectivity index (χ0n) is 16.0. The van der Waals surface area contributed by atoms with E-state index < -0.39 is 7.26 Å². The maximum Gasteiger partial charge on any atom is 0.116 e. The van der Waals surface area contributed by atoms with E-state index in [0.29, 0.717) is 0 Å². The summed E-state index contributed by atoms with van der Waals surface area (Å²) in [7, 11) is -2.01. The van der Waals surface area contributed by atoms with Gasteiger partial charge in [-0.05, 0) is 78.4 Å². The molecule has 0 bridgehead atoms. The summed E-state index contributed by atoms with van der Waals surface area (Å²) in [4.78, 5) is 0. The molecule has 0 atom stereocenters. The predicted octanol–water partition coefficient (Wildman–Crippen LogP) is 4.14. The minimum Gasteiger partial charge on any atom is -1.00 e. The Hall–Kier alpha value is -1.53. The molecule has 30 heavy (non-hydrogen) atoms. The lowest BCUT2D eigenvalue weighted by Gasteiger charge is -2.28. The van der Waals surface area contributed by atoms with Crippen molar-refractivity contribution in [1.82, 2.24) is 0 Å². The molecule has 0 aromatic heterocycles. The van der Waals surface area contributed by atoms with Gasteiger partial charge in [0.1, 0.15) is 23.2 Å². The van der Waals surface area contributed by atoms with Gasteiger partial charge in [-0.3, -0.25) is 0 Å². The molecular formula is C25H19Cl4P. The highest BCUT2D eigenvalue weighted by Gasteiger charge is 2.45. The Morgan fingerprint density at radius 2 is 0.800 bits per heavy atom. The van der Waals surface area contributed by atoms with E-state index in [2.05, 4.69) is 66.7 Å². The van der Waals surface area contributed by atoms with Crippen molar-refractivity contribution in [2.24, 2.45) is 0 Å². The first-order valence-electron chi connectivity index (χ1n) is 9.28. The van der Waals surface area contributed by atoms with Crippen molar-refractivity contribution < 1.29 is 12.4 Å². The predicted molar refractivity (Wildman–Crippen MR) is 130 cm³/mol. The first-order chi connectivity index (χ1) is 14.1. The SMILES string of the molecule is Clc1ccc([P+](Cc2ccccc2)(c2ccc(Cl)cc2)c2ccc(Cl)cc2)cc1.[Cl-]. The summed E-state index contributed by atoms with van der Waals surface area (Å²) < 4.78 is 0. The highest BCUT2D eigenvalue weighted by Crippen LogP contribution is 2.58. The number of benzene rings is 4. The summed E-state index contributed by atoms with van der Waals surface area (Å²) >= 11 is 18.7. The third-order valence-corrected chi connectivity index (χ3v) is 10.2. The second kappa shape index (κ2) is 10.2. The van der Waals surface area contributed by atoms with Crippen LogP contribution in [0.15, 0.2) is 103 Å². The lowest BCUT2D eigenvalue weighted by Crippen LogP contribution is -3.00. The van der Waals surface area contributed by atoms with Gasteiger partial charge in [-0.1, -0.05) is 65.1 Å². The van der Waals surface area contributed by atoms with Gasteiger partial charge in [0.15, 0.2) is 0 Å². The lowest BCUT2D eigenvalue weighted by molar-refractivity contribution is -0.00000536. The molecule has 0 amide bonds. The van der Waals surface area contributed by atoms with Gasteiger partial charge in [0, 0.05) is 15.1 Å². The zero-order chi connectivity index (χ0) is 20.3. The first kappa shape index (κ1) is 23.1. The van der Waals surface area contributed by atoms with Gasteiger partial charge in [0.2, 0.25) is 0 Å². The molecule has 4 aromatic carbocycles. The van der Waals surface area contributed by atoms with E-state index in [1.807, 2.05) is 36.4 Å². The van der Waals surface area contributed by atoms with Crippen LogP contribution in [-0.2, 0) is 6.16 Å². The van der Waals surface area contributed by atoms with Gasteiger partial charge >= 0.3 is 0 Å². The molecule has 4 aromatic rings. The molecule has 0 saturated heterocycles. The summed E-state index contributed by atoms with van der Waals surface area (Å²) in [6.45, 7) is 0. The fraction of sp³-hybridized carbons (Fsp3) is 0.0400. The number of halogens is 4. The number of hydrogen-bond acceptors (Lipinski definition) is 0. The van der Waals surface area contributed by atoms with E-state index >= 15 is 0 Å². The molecule has 0 aliphatic rings. The van der Waals surface area contributed by atoms with Crippen LogP contribution >= 0.6 is 42.1 Å². The molecule has 0 fully saturated rings. The lowest BCUT2D eigenvalue weighted by atomic mass is 10.2. The third-order valence-electron chi connectivity index (χ3n) is 5.06. The van der Waals surface area contributed by atoms with Crippen LogP contribution in [0.1, 0.15) is 5.56 Å². The maximum atomic E-state index is 6.23. The molecule has 0 unspecified atom stereocenters. The Morgan fingerprint density at radius 1 is 0.467 bits per heavy atom. The summed E-state index contributed by atoms with van der Waals surface area (Å²) in [6, 6.07) is 35.4. The smallest absolute Gasteiger partial charge is 0.116 e. The standard InChI is InChI=1S/C25H19Cl3P.ClH/c26-20-6-12-23(13-7-20)29(18-19-4-2-1-3-5-19,24-14-8-21(27)9-15-24)25-16-10-22(28)11-17-25;/h1-17H,18H2;1H/q+1;/p-1. The monoisotopic (exact) mass is 490 g/mol.